The first-order valence-corrected chi connectivity index (χ1v) is 3.81. The van der Waals surface area contributed by atoms with Gasteiger partial charge in [0.05, 0.1) is 12.9 Å². The summed E-state index contributed by atoms with van der Waals surface area (Å²) in [6.07, 6.45) is 11.1. The molecule has 1 aliphatic rings. The molecule has 56 valence electrons. The lowest BCUT2D eigenvalue weighted by Gasteiger charge is -2.05. The van der Waals surface area contributed by atoms with E-state index in [1.54, 1.807) is 7.11 Å². The standard InChI is InChI=1S/C9H14O/c1-10-9-7-5-3-2-4-6-8-9/h2-3,8H,4-7H2,1H3/b3-2-,9-8?. The van der Waals surface area contributed by atoms with Crippen molar-refractivity contribution < 1.29 is 4.74 Å². The zero-order chi connectivity index (χ0) is 7.23. The summed E-state index contributed by atoms with van der Waals surface area (Å²) >= 11 is 0. The predicted octanol–water partition coefficient (Wildman–Crippen LogP) is 2.65. The highest BCUT2D eigenvalue weighted by Crippen LogP contribution is 2.11. The van der Waals surface area contributed by atoms with Crippen LogP contribution in [0.3, 0.4) is 0 Å². The predicted molar refractivity (Wildman–Crippen MR) is 42.7 cm³/mol. The molecule has 0 saturated carbocycles. The van der Waals surface area contributed by atoms with Gasteiger partial charge in [0.1, 0.15) is 0 Å². The van der Waals surface area contributed by atoms with Crippen LogP contribution in [0.2, 0.25) is 0 Å². The van der Waals surface area contributed by atoms with Crippen molar-refractivity contribution in [2.45, 2.75) is 25.7 Å². The largest absolute Gasteiger partial charge is 0.501 e. The van der Waals surface area contributed by atoms with Crippen molar-refractivity contribution in [1.82, 2.24) is 0 Å². The van der Waals surface area contributed by atoms with Crippen LogP contribution >= 0.6 is 0 Å². The van der Waals surface area contributed by atoms with Crippen LogP contribution in [0.5, 0.6) is 0 Å². The van der Waals surface area contributed by atoms with Gasteiger partial charge in [0, 0.05) is 6.42 Å². The number of ether oxygens (including phenoxy) is 1. The maximum absolute atomic E-state index is 5.15. The molecule has 0 fully saturated rings. The number of allylic oxidation sites excluding steroid dienone is 4. The lowest BCUT2D eigenvalue weighted by Crippen LogP contribution is -1.88. The number of hydrogen-bond acceptors (Lipinski definition) is 1. The Hall–Kier alpha value is -0.720. The monoisotopic (exact) mass is 138 g/mol. The Morgan fingerprint density at radius 2 is 2.00 bits per heavy atom. The quantitative estimate of drug-likeness (QED) is 0.506. The van der Waals surface area contributed by atoms with E-state index in [1.165, 1.54) is 0 Å². The topological polar surface area (TPSA) is 9.23 Å². The van der Waals surface area contributed by atoms with E-state index < -0.39 is 0 Å². The molecule has 0 aliphatic heterocycles. The minimum Gasteiger partial charge on any atom is -0.501 e. The summed E-state index contributed by atoms with van der Waals surface area (Å²) in [5.41, 5.74) is 0. The van der Waals surface area contributed by atoms with Crippen LogP contribution in [-0.4, -0.2) is 7.11 Å². The fourth-order valence-corrected chi connectivity index (χ4v) is 1.09. The second-order valence-corrected chi connectivity index (χ2v) is 2.46. The molecule has 0 N–H and O–H groups in total. The third-order valence-electron chi connectivity index (χ3n) is 1.69. The lowest BCUT2D eigenvalue weighted by molar-refractivity contribution is 0.275. The molecule has 0 radical (unpaired) electrons. The Kier molecular flexibility index (Phi) is 3.07. The molecule has 1 aliphatic carbocycles. The zero-order valence-electron chi connectivity index (χ0n) is 6.47. The van der Waals surface area contributed by atoms with Crippen LogP contribution in [0.4, 0.5) is 0 Å². The summed E-state index contributed by atoms with van der Waals surface area (Å²) < 4.78 is 5.15. The summed E-state index contributed by atoms with van der Waals surface area (Å²) in [6.45, 7) is 0. The first kappa shape index (κ1) is 7.39. The summed E-state index contributed by atoms with van der Waals surface area (Å²) in [4.78, 5) is 0. The van der Waals surface area contributed by atoms with Gasteiger partial charge in [-0.05, 0) is 25.3 Å². The van der Waals surface area contributed by atoms with Gasteiger partial charge in [-0.3, -0.25) is 0 Å². The molecule has 0 saturated heterocycles. The third-order valence-corrected chi connectivity index (χ3v) is 1.69. The average molecular weight is 138 g/mol. The van der Waals surface area contributed by atoms with E-state index in [0.717, 1.165) is 31.4 Å². The molecule has 1 heteroatoms. The Morgan fingerprint density at radius 1 is 1.20 bits per heavy atom. The van der Waals surface area contributed by atoms with E-state index in [1.807, 2.05) is 0 Å². The number of methoxy groups -OCH3 is 1. The highest BCUT2D eigenvalue weighted by atomic mass is 16.5. The summed E-state index contributed by atoms with van der Waals surface area (Å²) in [7, 11) is 1.75. The molecule has 0 bridgehead atoms. The molecule has 1 nitrogen and oxygen atoms in total. The molecule has 0 spiro atoms. The highest BCUT2D eigenvalue weighted by molar-refractivity contribution is 4.99. The van der Waals surface area contributed by atoms with Gasteiger partial charge in [-0.1, -0.05) is 12.2 Å². The first-order chi connectivity index (χ1) is 4.93. The molecule has 0 heterocycles. The number of hydrogen-bond donors (Lipinski definition) is 0. The fraction of sp³-hybridized carbons (Fsp3) is 0.556. The number of rotatable bonds is 1. The minimum absolute atomic E-state index is 1.06. The molecule has 10 heavy (non-hydrogen) atoms. The summed E-state index contributed by atoms with van der Waals surface area (Å²) in [5, 5.41) is 0. The minimum atomic E-state index is 1.06. The van der Waals surface area contributed by atoms with Crippen LogP contribution < -0.4 is 0 Å². The fourth-order valence-electron chi connectivity index (χ4n) is 1.09. The molecule has 0 aromatic carbocycles. The van der Waals surface area contributed by atoms with E-state index in [-0.39, 0.29) is 0 Å². The van der Waals surface area contributed by atoms with Gasteiger partial charge in [-0.25, -0.2) is 0 Å². The zero-order valence-corrected chi connectivity index (χ0v) is 6.47. The molecular formula is C9H14O. The van der Waals surface area contributed by atoms with Crippen molar-refractivity contribution in [1.29, 1.82) is 0 Å². The third kappa shape index (κ3) is 2.26. The second-order valence-electron chi connectivity index (χ2n) is 2.46. The summed E-state index contributed by atoms with van der Waals surface area (Å²) in [5.74, 6) is 1.14. The van der Waals surface area contributed by atoms with E-state index in [9.17, 15) is 0 Å². The van der Waals surface area contributed by atoms with Crippen molar-refractivity contribution in [2.75, 3.05) is 7.11 Å². The van der Waals surface area contributed by atoms with Gasteiger partial charge in [-0.15, -0.1) is 0 Å². The van der Waals surface area contributed by atoms with Crippen LogP contribution in [0.1, 0.15) is 25.7 Å². The van der Waals surface area contributed by atoms with Gasteiger partial charge < -0.3 is 4.74 Å². The normalized spacial score (nSPS) is 22.3. The molecule has 0 amide bonds. The Morgan fingerprint density at radius 3 is 2.80 bits per heavy atom. The molecule has 0 atom stereocenters. The summed E-state index contributed by atoms with van der Waals surface area (Å²) in [6, 6.07) is 0. The smallest absolute Gasteiger partial charge is 0.0918 e. The van der Waals surface area contributed by atoms with Crippen LogP contribution in [0.25, 0.3) is 0 Å². The molecule has 0 unspecified atom stereocenters. The maximum Gasteiger partial charge on any atom is 0.0918 e. The van der Waals surface area contributed by atoms with E-state index in [0.29, 0.717) is 0 Å². The Labute approximate surface area is 62.4 Å². The van der Waals surface area contributed by atoms with Crippen molar-refractivity contribution in [3.63, 3.8) is 0 Å². The van der Waals surface area contributed by atoms with E-state index >= 15 is 0 Å². The van der Waals surface area contributed by atoms with Gasteiger partial charge in [0.15, 0.2) is 0 Å². The average Bonchev–Trinajstić information content (AvgIpc) is 1.87. The van der Waals surface area contributed by atoms with Crippen LogP contribution in [-0.2, 0) is 4.74 Å². The van der Waals surface area contributed by atoms with Gasteiger partial charge in [0.2, 0.25) is 0 Å². The van der Waals surface area contributed by atoms with Crippen molar-refractivity contribution in [2.24, 2.45) is 0 Å². The van der Waals surface area contributed by atoms with Crippen molar-refractivity contribution >= 4 is 0 Å². The highest BCUT2D eigenvalue weighted by Gasteiger charge is 1.95. The maximum atomic E-state index is 5.15. The van der Waals surface area contributed by atoms with Crippen LogP contribution in [0, 0.1) is 0 Å². The lowest BCUT2D eigenvalue weighted by atomic mass is 10.1. The first-order valence-electron chi connectivity index (χ1n) is 3.81. The molecule has 1 rings (SSSR count). The molecule has 0 aromatic heterocycles. The van der Waals surface area contributed by atoms with Gasteiger partial charge >= 0.3 is 0 Å². The second kappa shape index (κ2) is 4.15. The molecular weight excluding hydrogens is 124 g/mol. The van der Waals surface area contributed by atoms with E-state index in [4.69, 9.17) is 4.74 Å². The Bertz CT molecular complexity index is 145. The van der Waals surface area contributed by atoms with Crippen molar-refractivity contribution in [3.8, 4) is 0 Å². The Balaban J connectivity index is 2.41. The van der Waals surface area contributed by atoms with Crippen LogP contribution in [0.15, 0.2) is 24.0 Å². The SMILES string of the molecule is COC1=CCC/C=C\CC1. The van der Waals surface area contributed by atoms with E-state index in [2.05, 4.69) is 18.2 Å². The van der Waals surface area contributed by atoms with Gasteiger partial charge in [-0.2, -0.15) is 0 Å². The molecule has 0 aromatic rings. The van der Waals surface area contributed by atoms with Crippen molar-refractivity contribution in [3.05, 3.63) is 24.0 Å². The van der Waals surface area contributed by atoms with Gasteiger partial charge in [0.25, 0.3) is 0 Å².